The van der Waals surface area contributed by atoms with Crippen LogP contribution < -0.4 is 25.3 Å². The number of rotatable bonds is 8. The lowest BCUT2D eigenvalue weighted by molar-refractivity contribution is 0.347. The summed E-state index contributed by atoms with van der Waals surface area (Å²) in [5, 5.41) is 3.12. The second kappa shape index (κ2) is 11.6. The van der Waals surface area contributed by atoms with Crippen LogP contribution >= 0.6 is 24.0 Å². The monoisotopic (exact) mass is 499 g/mol. The van der Waals surface area contributed by atoms with Crippen molar-refractivity contribution in [1.29, 1.82) is 0 Å². The molecule has 1 unspecified atom stereocenters. The maximum Gasteiger partial charge on any atom is 0.193 e. The van der Waals surface area contributed by atoms with Gasteiger partial charge in [-0.15, -0.1) is 24.0 Å². The van der Waals surface area contributed by atoms with Crippen LogP contribution in [0.2, 0.25) is 0 Å². The molecule has 0 spiro atoms. The van der Waals surface area contributed by atoms with Crippen molar-refractivity contribution < 1.29 is 14.2 Å². The second-order valence-electron chi connectivity index (χ2n) is 6.28. The number of guanidine groups is 1. The molecule has 0 saturated heterocycles. The zero-order valence-electron chi connectivity index (χ0n) is 17.1. The summed E-state index contributed by atoms with van der Waals surface area (Å²) in [6.07, 6.45) is 1.11. The van der Waals surface area contributed by atoms with Crippen LogP contribution in [-0.2, 0) is 6.54 Å². The largest absolute Gasteiger partial charge is 0.496 e. The van der Waals surface area contributed by atoms with Crippen molar-refractivity contribution in [3.05, 3.63) is 47.5 Å². The van der Waals surface area contributed by atoms with Gasteiger partial charge in [-0.25, -0.2) is 4.99 Å². The van der Waals surface area contributed by atoms with Gasteiger partial charge in [-0.05, 0) is 36.1 Å². The van der Waals surface area contributed by atoms with Crippen molar-refractivity contribution in [2.45, 2.75) is 32.7 Å². The number of aliphatic imine (C=N–C) groups is 1. The van der Waals surface area contributed by atoms with E-state index < -0.39 is 0 Å². The Bertz CT molecular complexity index is 779. The molecule has 0 bridgehead atoms. The van der Waals surface area contributed by atoms with Crippen molar-refractivity contribution >= 4 is 35.6 Å². The Morgan fingerprint density at radius 1 is 1.00 bits per heavy atom. The van der Waals surface area contributed by atoms with Gasteiger partial charge in [0.15, 0.2) is 17.5 Å². The highest BCUT2D eigenvalue weighted by molar-refractivity contribution is 14.0. The number of methoxy groups -OCH3 is 3. The van der Waals surface area contributed by atoms with E-state index in [1.165, 1.54) is 5.56 Å². The SMILES string of the molecule is CCC(C)c1ccc(NC(N)=NCc2cc(OC)c(OC)cc2OC)cc1.I. The molecule has 7 heteroatoms. The van der Waals surface area contributed by atoms with Gasteiger partial charge in [-0.2, -0.15) is 0 Å². The number of hydrogen-bond acceptors (Lipinski definition) is 4. The lowest BCUT2D eigenvalue weighted by atomic mass is 9.99. The molecule has 154 valence electrons. The van der Waals surface area contributed by atoms with Crippen LogP contribution in [0.5, 0.6) is 17.2 Å². The number of nitrogens with two attached hydrogens (primary N) is 1. The van der Waals surface area contributed by atoms with Crippen molar-refractivity contribution in [3.8, 4) is 17.2 Å². The van der Waals surface area contributed by atoms with Gasteiger partial charge >= 0.3 is 0 Å². The molecule has 2 aromatic carbocycles. The fourth-order valence-corrected chi connectivity index (χ4v) is 2.70. The van der Waals surface area contributed by atoms with Gasteiger partial charge in [-0.1, -0.05) is 26.0 Å². The lowest BCUT2D eigenvalue weighted by Gasteiger charge is -2.13. The summed E-state index contributed by atoms with van der Waals surface area (Å²) in [5.74, 6) is 2.78. The number of benzene rings is 2. The lowest BCUT2D eigenvalue weighted by Crippen LogP contribution is -2.22. The van der Waals surface area contributed by atoms with Crippen LogP contribution in [0, 0.1) is 0 Å². The van der Waals surface area contributed by atoms with E-state index in [1.807, 2.05) is 18.2 Å². The highest BCUT2D eigenvalue weighted by Gasteiger charge is 2.11. The van der Waals surface area contributed by atoms with Gasteiger partial charge in [0.1, 0.15) is 5.75 Å². The van der Waals surface area contributed by atoms with Crippen molar-refractivity contribution in [3.63, 3.8) is 0 Å². The molecule has 2 rings (SSSR count). The Labute approximate surface area is 184 Å². The average molecular weight is 499 g/mol. The van der Waals surface area contributed by atoms with Gasteiger partial charge in [0.2, 0.25) is 0 Å². The average Bonchev–Trinajstić information content (AvgIpc) is 2.71. The number of hydrogen-bond donors (Lipinski definition) is 2. The van der Waals surface area contributed by atoms with Crippen molar-refractivity contribution in [2.75, 3.05) is 26.6 Å². The maximum absolute atomic E-state index is 6.04. The van der Waals surface area contributed by atoms with Gasteiger partial charge in [0, 0.05) is 17.3 Å². The van der Waals surface area contributed by atoms with E-state index in [9.17, 15) is 0 Å². The first-order valence-corrected chi connectivity index (χ1v) is 8.98. The smallest absolute Gasteiger partial charge is 0.193 e. The van der Waals surface area contributed by atoms with Crippen LogP contribution in [0.4, 0.5) is 5.69 Å². The van der Waals surface area contributed by atoms with E-state index in [-0.39, 0.29) is 24.0 Å². The molecule has 0 aliphatic rings. The van der Waals surface area contributed by atoms with E-state index in [0.717, 1.165) is 17.7 Å². The van der Waals surface area contributed by atoms with Crippen LogP contribution in [0.3, 0.4) is 0 Å². The molecule has 0 aliphatic carbocycles. The van der Waals surface area contributed by atoms with Crippen LogP contribution in [0.15, 0.2) is 41.4 Å². The first-order valence-electron chi connectivity index (χ1n) is 8.98. The first kappa shape index (κ1) is 23.9. The number of anilines is 1. The molecule has 0 fully saturated rings. The number of ether oxygens (including phenoxy) is 3. The fourth-order valence-electron chi connectivity index (χ4n) is 2.70. The molecule has 3 N–H and O–H groups in total. The summed E-state index contributed by atoms with van der Waals surface area (Å²) in [7, 11) is 4.79. The van der Waals surface area contributed by atoms with Crippen LogP contribution in [0.25, 0.3) is 0 Å². The second-order valence-corrected chi connectivity index (χ2v) is 6.28. The van der Waals surface area contributed by atoms with Crippen molar-refractivity contribution in [1.82, 2.24) is 0 Å². The highest BCUT2D eigenvalue weighted by atomic mass is 127. The Balaban J connectivity index is 0.00000392. The topological polar surface area (TPSA) is 78.1 Å². The third-order valence-corrected chi connectivity index (χ3v) is 4.57. The summed E-state index contributed by atoms with van der Waals surface area (Å²) in [4.78, 5) is 4.41. The third-order valence-electron chi connectivity index (χ3n) is 4.57. The maximum atomic E-state index is 6.04. The molecular weight excluding hydrogens is 469 g/mol. The molecule has 1 atom stereocenters. The minimum absolute atomic E-state index is 0. The molecule has 0 heterocycles. The van der Waals surface area contributed by atoms with E-state index in [4.69, 9.17) is 19.9 Å². The molecule has 28 heavy (non-hydrogen) atoms. The Kier molecular flexibility index (Phi) is 9.92. The Hall–Kier alpha value is -2.16. The number of halogens is 1. The molecule has 2 aromatic rings. The van der Waals surface area contributed by atoms with Gasteiger partial charge < -0.3 is 25.3 Å². The molecule has 0 aromatic heterocycles. The van der Waals surface area contributed by atoms with Crippen LogP contribution in [-0.4, -0.2) is 27.3 Å². The molecule has 0 radical (unpaired) electrons. The Morgan fingerprint density at radius 3 is 2.11 bits per heavy atom. The fraction of sp³-hybridized carbons (Fsp3) is 0.381. The zero-order chi connectivity index (χ0) is 19.8. The van der Waals surface area contributed by atoms with Crippen molar-refractivity contribution in [2.24, 2.45) is 10.7 Å². The quantitative estimate of drug-likeness (QED) is 0.311. The minimum Gasteiger partial charge on any atom is -0.496 e. The highest BCUT2D eigenvalue weighted by Crippen LogP contribution is 2.34. The molecule has 0 saturated carbocycles. The molecule has 6 nitrogen and oxygen atoms in total. The summed E-state index contributed by atoms with van der Waals surface area (Å²) >= 11 is 0. The summed E-state index contributed by atoms with van der Waals surface area (Å²) in [5.41, 5.74) is 9.11. The molecule has 0 aliphatic heterocycles. The Morgan fingerprint density at radius 2 is 1.57 bits per heavy atom. The third kappa shape index (κ3) is 6.19. The summed E-state index contributed by atoms with van der Waals surface area (Å²) in [6, 6.07) is 11.9. The van der Waals surface area contributed by atoms with Gasteiger partial charge in [0.25, 0.3) is 0 Å². The number of nitrogens with zero attached hydrogens (tertiary/aromatic N) is 1. The summed E-state index contributed by atoms with van der Waals surface area (Å²) in [6.45, 7) is 4.76. The van der Waals surface area contributed by atoms with E-state index >= 15 is 0 Å². The first-order chi connectivity index (χ1) is 13.0. The van der Waals surface area contributed by atoms with Gasteiger partial charge in [0.05, 0.1) is 27.9 Å². The minimum atomic E-state index is 0. The van der Waals surface area contributed by atoms with E-state index in [1.54, 1.807) is 27.4 Å². The van der Waals surface area contributed by atoms with Crippen LogP contribution in [0.1, 0.15) is 37.3 Å². The molecular formula is C21H30IN3O3. The normalized spacial score (nSPS) is 12.0. The van der Waals surface area contributed by atoms with E-state index in [0.29, 0.717) is 35.7 Å². The predicted octanol–water partition coefficient (Wildman–Crippen LogP) is 4.77. The molecule has 0 amide bonds. The predicted molar refractivity (Wildman–Crippen MR) is 126 cm³/mol. The van der Waals surface area contributed by atoms with E-state index in [2.05, 4.69) is 36.3 Å². The standard InChI is InChI=1S/C21H29N3O3.HI/c1-6-14(2)15-7-9-17(10-8-15)24-21(22)23-13-16-11-19(26-4)20(27-5)12-18(16)25-3;/h7-12,14H,6,13H2,1-5H3,(H3,22,23,24);1H. The number of nitrogens with one attached hydrogen (secondary N) is 1. The zero-order valence-corrected chi connectivity index (χ0v) is 19.4. The summed E-state index contributed by atoms with van der Waals surface area (Å²) < 4.78 is 16.1. The van der Waals surface area contributed by atoms with Gasteiger partial charge in [-0.3, -0.25) is 0 Å².